The fourth-order valence-corrected chi connectivity index (χ4v) is 2.78. The van der Waals surface area contributed by atoms with Crippen LogP contribution in [-0.4, -0.2) is 56.7 Å². The van der Waals surface area contributed by atoms with Gasteiger partial charge < -0.3 is 16.0 Å². The third-order valence-corrected chi connectivity index (χ3v) is 4.15. The zero-order chi connectivity index (χ0) is 17.4. The van der Waals surface area contributed by atoms with Crippen LogP contribution in [0.2, 0.25) is 0 Å². The smallest absolute Gasteiger partial charge is 0.188 e. The summed E-state index contributed by atoms with van der Waals surface area (Å²) >= 11 is 0. The molecule has 1 heterocycles. The van der Waals surface area contributed by atoms with E-state index in [4.69, 9.17) is 5.73 Å². The van der Waals surface area contributed by atoms with E-state index < -0.39 is 0 Å². The highest BCUT2D eigenvalue weighted by Gasteiger charge is 2.18. The number of anilines is 1. The van der Waals surface area contributed by atoms with Gasteiger partial charge in [-0.05, 0) is 31.0 Å². The first kappa shape index (κ1) is 18.5. The van der Waals surface area contributed by atoms with Gasteiger partial charge in [-0.1, -0.05) is 26.0 Å². The summed E-state index contributed by atoms with van der Waals surface area (Å²) in [7, 11) is 0. The van der Waals surface area contributed by atoms with E-state index in [1.54, 1.807) is 6.07 Å². The number of halogens is 1. The molecule has 2 rings (SSSR count). The Hall–Kier alpha value is -1.82. The number of hydrogen-bond acceptors (Lipinski definition) is 3. The molecular formula is C18H30FN5. The van der Waals surface area contributed by atoms with Crippen LogP contribution in [0.3, 0.4) is 0 Å². The molecule has 0 spiro atoms. The SMILES string of the molecule is CC(C)CN=C(N)NCCCN1CCN(c2ccccc2F)CC1. The minimum absolute atomic E-state index is 0.133. The van der Waals surface area contributed by atoms with Crippen molar-refractivity contribution in [1.29, 1.82) is 0 Å². The van der Waals surface area contributed by atoms with E-state index in [2.05, 4.69) is 34.0 Å². The van der Waals surface area contributed by atoms with Crippen molar-refractivity contribution in [3.8, 4) is 0 Å². The van der Waals surface area contributed by atoms with Crippen molar-refractivity contribution in [2.24, 2.45) is 16.6 Å². The number of nitrogens with two attached hydrogens (primary N) is 1. The molecule has 134 valence electrons. The highest BCUT2D eigenvalue weighted by atomic mass is 19.1. The molecule has 1 aromatic rings. The number of nitrogens with one attached hydrogen (secondary N) is 1. The Balaban J connectivity index is 1.63. The summed E-state index contributed by atoms with van der Waals surface area (Å²) in [6.07, 6.45) is 1.03. The fraction of sp³-hybridized carbons (Fsp3) is 0.611. The number of guanidine groups is 1. The van der Waals surface area contributed by atoms with E-state index in [0.29, 0.717) is 17.6 Å². The molecule has 5 nitrogen and oxygen atoms in total. The minimum atomic E-state index is -0.133. The molecule has 0 saturated carbocycles. The maximum absolute atomic E-state index is 13.8. The van der Waals surface area contributed by atoms with Crippen LogP contribution >= 0.6 is 0 Å². The molecule has 0 unspecified atom stereocenters. The van der Waals surface area contributed by atoms with Crippen LogP contribution in [0.15, 0.2) is 29.3 Å². The Morgan fingerprint density at radius 1 is 1.25 bits per heavy atom. The number of aliphatic imine (C=N–C) groups is 1. The largest absolute Gasteiger partial charge is 0.370 e. The molecule has 1 fully saturated rings. The first-order valence-corrected chi connectivity index (χ1v) is 8.82. The standard InChI is InChI=1S/C18H30FN5/c1-15(2)14-22-18(20)21-8-5-9-23-10-12-24(13-11-23)17-7-4-3-6-16(17)19/h3-4,6-7,15H,5,8-14H2,1-2H3,(H3,20,21,22). The van der Waals surface area contributed by atoms with Crippen LogP contribution in [0.4, 0.5) is 10.1 Å². The molecule has 1 aromatic carbocycles. The molecule has 0 aliphatic carbocycles. The molecule has 1 saturated heterocycles. The first-order valence-electron chi connectivity index (χ1n) is 8.82. The summed E-state index contributed by atoms with van der Waals surface area (Å²) in [5.74, 6) is 0.926. The summed E-state index contributed by atoms with van der Waals surface area (Å²) < 4.78 is 13.8. The van der Waals surface area contributed by atoms with Crippen molar-refractivity contribution in [3.05, 3.63) is 30.1 Å². The lowest BCUT2D eigenvalue weighted by atomic mass is 10.2. The second-order valence-electron chi connectivity index (χ2n) is 6.68. The molecule has 6 heteroatoms. The number of para-hydroxylation sites is 1. The van der Waals surface area contributed by atoms with Crippen LogP contribution in [0, 0.1) is 11.7 Å². The average Bonchev–Trinajstić information content (AvgIpc) is 2.58. The quantitative estimate of drug-likeness (QED) is 0.454. The van der Waals surface area contributed by atoms with E-state index in [0.717, 1.165) is 52.2 Å². The van der Waals surface area contributed by atoms with Gasteiger partial charge in [0.2, 0.25) is 0 Å². The van der Waals surface area contributed by atoms with Crippen molar-refractivity contribution < 1.29 is 4.39 Å². The zero-order valence-corrected chi connectivity index (χ0v) is 14.8. The number of nitrogens with zero attached hydrogens (tertiary/aromatic N) is 3. The molecule has 0 bridgehead atoms. The van der Waals surface area contributed by atoms with Gasteiger partial charge >= 0.3 is 0 Å². The monoisotopic (exact) mass is 335 g/mol. The molecule has 1 aliphatic rings. The van der Waals surface area contributed by atoms with Crippen molar-refractivity contribution in [2.75, 3.05) is 50.7 Å². The van der Waals surface area contributed by atoms with E-state index >= 15 is 0 Å². The Bertz CT molecular complexity index is 524. The topological polar surface area (TPSA) is 56.9 Å². The molecule has 24 heavy (non-hydrogen) atoms. The second kappa shape index (κ2) is 9.47. The van der Waals surface area contributed by atoms with E-state index in [1.807, 2.05) is 12.1 Å². The van der Waals surface area contributed by atoms with Gasteiger partial charge in [0.05, 0.1) is 5.69 Å². The highest BCUT2D eigenvalue weighted by molar-refractivity contribution is 5.77. The van der Waals surface area contributed by atoms with Crippen LogP contribution in [0.5, 0.6) is 0 Å². The van der Waals surface area contributed by atoms with E-state index in [-0.39, 0.29) is 5.82 Å². The van der Waals surface area contributed by atoms with Gasteiger partial charge in [-0.3, -0.25) is 9.89 Å². The first-order chi connectivity index (χ1) is 11.6. The van der Waals surface area contributed by atoms with Gasteiger partial charge in [0.25, 0.3) is 0 Å². The van der Waals surface area contributed by atoms with Gasteiger partial charge in [0.1, 0.15) is 5.82 Å². The summed E-state index contributed by atoms with van der Waals surface area (Å²) in [5, 5.41) is 3.16. The van der Waals surface area contributed by atoms with Crippen LogP contribution in [0.1, 0.15) is 20.3 Å². The third-order valence-electron chi connectivity index (χ3n) is 4.15. The lowest BCUT2D eigenvalue weighted by Gasteiger charge is -2.36. The maximum Gasteiger partial charge on any atom is 0.188 e. The van der Waals surface area contributed by atoms with Crippen molar-refractivity contribution >= 4 is 11.6 Å². The summed E-state index contributed by atoms with van der Waals surface area (Å²) in [5.41, 5.74) is 6.54. The Morgan fingerprint density at radius 2 is 1.96 bits per heavy atom. The average molecular weight is 335 g/mol. The van der Waals surface area contributed by atoms with Crippen molar-refractivity contribution in [2.45, 2.75) is 20.3 Å². The third kappa shape index (κ3) is 6.00. The van der Waals surface area contributed by atoms with E-state index in [1.165, 1.54) is 6.07 Å². The fourth-order valence-electron chi connectivity index (χ4n) is 2.78. The van der Waals surface area contributed by atoms with Gasteiger partial charge in [-0.15, -0.1) is 0 Å². The molecule has 0 radical (unpaired) electrons. The van der Waals surface area contributed by atoms with Crippen LogP contribution in [0.25, 0.3) is 0 Å². The lowest BCUT2D eigenvalue weighted by molar-refractivity contribution is 0.254. The highest BCUT2D eigenvalue weighted by Crippen LogP contribution is 2.20. The van der Waals surface area contributed by atoms with E-state index in [9.17, 15) is 4.39 Å². The number of piperazine rings is 1. The maximum atomic E-state index is 13.8. The Morgan fingerprint density at radius 3 is 2.62 bits per heavy atom. The molecule has 0 amide bonds. The molecule has 0 aromatic heterocycles. The molecule has 1 aliphatic heterocycles. The van der Waals surface area contributed by atoms with Crippen LogP contribution in [-0.2, 0) is 0 Å². The second-order valence-corrected chi connectivity index (χ2v) is 6.68. The number of hydrogen-bond donors (Lipinski definition) is 2. The Kier molecular flexibility index (Phi) is 7.31. The van der Waals surface area contributed by atoms with Crippen molar-refractivity contribution in [3.63, 3.8) is 0 Å². The predicted molar refractivity (Wildman–Crippen MR) is 99.0 cm³/mol. The van der Waals surface area contributed by atoms with Crippen molar-refractivity contribution in [1.82, 2.24) is 10.2 Å². The van der Waals surface area contributed by atoms with Gasteiger partial charge in [-0.25, -0.2) is 4.39 Å². The summed E-state index contributed by atoms with van der Waals surface area (Å²) in [6.45, 7) is 10.5. The van der Waals surface area contributed by atoms with Crippen LogP contribution < -0.4 is 16.0 Å². The summed E-state index contributed by atoms with van der Waals surface area (Å²) in [4.78, 5) is 8.83. The predicted octanol–water partition coefficient (Wildman–Crippen LogP) is 1.90. The number of benzene rings is 1. The Labute approximate surface area is 144 Å². The lowest BCUT2D eigenvalue weighted by Crippen LogP contribution is -2.47. The minimum Gasteiger partial charge on any atom is -0.370 e. The number of rotatable bonds is 7. The normalized spacial score (nSPS) is 16.7. The van der Waals surface area contributed by atoms with Gasteiger partial charge in [0, 0.05) is 39.3 Å². The van der Waals surface area contributed by atoms with Gasteiger partial charge in [-0.2, -0.15) is 0 Å². The molecule has 0 atom stereocenters. The molecular weight excluding hydrogens is 305 g/mol. The zero-order valence-electron chi connectivity index (χ0n) is 14.8. The van der Waals surface area contributed by atoms with Gasteiger partial charge in [0.15, 0.2) is 5.96 Å². The summed E-state index contributed by atoms with van der Waals surface area (Å²) in [6, 6.07) is 7.01. The molecule has 3 N–H and O–H groups in total.